The molecule has 0 amide bonds. The highest BCUT2D eigenvalue weighted by Crippen LogP contribution is 2.14. The van der Waals surface area contributed by atoms with Gasteiger partial charge in [0, 0.05) is 27.9 Å². The summed E-state index contributed by atoms with van der Waals surface area (Å²) in [6.07, 6.45) is 1.11. The van der Waals surface area contributed by atoms with Gasteiger partial charge >= 0.3 is 14.8 Å². The zero-order valence-electron chi connectivity index (χ0n) is 11.2. The number of nitrogens with one attached hydrogen (secondary N) is 1. The Labute approximate surface area is 104 Å². The van der Waals surface area contributed by atoms with Gasteiger partial charge < -0.3 is 23.3 Å². The van der Waals surface area contributed by atoms with E-state index in [1.54, 1.807) is 21.3 Å². The Hall–Kier alpha value is -0.473. The summed E-state index contributed by atoms with van der Waals surface area (Å²) in [5, 5.41) is 3.21. The van der Waals surface area contributed by atoms with E-state index in [1.807, 2.05) is 6.92 Å². The van der Waals surface area contributed by atoms with Gasteiger partial charge in [0.05, 0.1) is 19.2 Å². The minimum absolute atomic E-state index is 0.0350. The van der Waals surface area contributed by atoms with Crippen molar-refractivity contribution in [2.24, 2.45) is 0 Å². The molecule has 0 bridgehead atoms. The van der Waals surface area contributed by atoms with Crippen LogP contribution in [0.5, 0.6) is 0 Å². The second-order valence-electron chi connectivity index (χ2n) is 3.46. The van der Waals surface area contributed by atoms with Gasteiger partial charge in [0.2, 0.25) is 0 Å². The van der Waals surface area contributed by atoms with Crippen LogP contribution in [0.2, 0.25) is 0 Å². The van der Waals surface area contributed by atoms with Crippen molar-refractivity contribution in [1.82, 2.24) is 5.32 Å². The van der Waals surface area contributed by atoms with E-state index in [-0.39, 0.29) is 11.6 Å². The maximum atomic E-state index is 11.0. The first-order chi connectivity index (χ1) is 8.10. The van der Waals surface area contributed by atoms with Crippen molar-refractivity contribution in [3.8, 4) is 0 Å². The van der Waals surface area contributed by atoms with Gasteiger partial charge in [-0.05, 0) is 6.42 Å². The van der Waals surface area contributed by atoms with Crippen LogP contribution in [0.1, 0.15) is 19.8 Å². The molecule has 0 aromatic heterocycles. The summed E-state index contributed by atoms with van der Waals surface area (Å²) in [4.78, 5) is 11.0. The van der Waals surface area contributed by atoms with Crippen molar-refractivity contribution in [2.75, 3.05) is 35.0 Å². The van der Waals surface area contributed by atoms with Crippen molar-refractivity contribution in [1.29, 1.82) is 0 Å². The second kappa shape index (κ2) is 8.59. The normalized spacial score (nSPS) is 13.5. The molecular formula is C10H23NO5Si. The molecule has 17 heavy (non-hydrogen) atoms. The molecular weight excluding hydrogens is 242 g/mol. The SMILES string of the molecule is CCC(NCCC(=O)OC)[Si](OC)(OC)OC. The van der Waals surface area contributed by atoms with Crippen molar-refractivity contribution < 1.29 is 22.8 Å². The highest BCUT2D eigenvalue weighted by Gasteiger charge is 2.46. The summed E-state index contributed by atoms with van der Waals surface area (Å²) in [7, 11) is 3.40. The fraction of sp³-hybridized carbons (Fsp3) is 0.900. The average molecular weight is 265 g/mol. The lowest BCUT2D eigenvalue weighted by atomic mass is 10.4. The molecule has 0 rings (SSSR count). The Morgan fingerprint density at radius 2 is 1.71 bits per heavy atom. The second-order valence-corrected chi connectivity index (χ2v) is 6.59. The number of carbonyl (C=O) groups excluding carboxylic acids is 1. The predicted octanol–water partition coefficient (Wildman–Crippen LogP) is 0.335. The van der Waals surface area contributed by atoms with E-state index in [9.17, 15) is 4.79 Å². The number of ether oxygens (including phenoxy) is 1. The van der Waals surface area contributed by atoms with Crippen LogP contribution >= 0.6 is 0 Å². The lowest BCUT2D eigenvalue weighted by Crippen LogP contribution is -2.60. The lowest BCUT2D eigenvalue weighted by Gasteiger charge is -2.32. The first-order valence-electron chi connectivity index (χ1n) is 5.55. The van der Waals surface area contributed by atoms with Crippen molar-refractivity contribution in [2.45, 2.75) is 25.4 Å². The number of esters is 1. The molecule has 0 aromatic carbocycles. The van der Waals surface area contributed by atoms with Crippen LogP contribution in [0, 0.1) is 0 Å². The van der Waals surface area contributed by atoms with E-state index in [0.29, 0.717) is 13.0 Å². The van der Waals surface area contributed by atoms with Crippen LogP contribution < -0.4 is 5.32 Å². The molecule has 1 N–H and O–H groups in total. The maximum Gasteiger partial charge on any atom is 0.517 e. The quantitative estimate of drug-likeness (QED) is 0.479. The smallest absolute Gasteiger partial charge is 0.469 e. The number of carbonyl (C=O) groups is 1. The molecule has 0 aromatic rings. The zero-order valence-corrected chi connectivity index (χ0v) is 12.2. The summed E-state index contributed by atoms with van der Waals surface area (Å²) in [6, 6.07) is 0. The molecule has 0 fully saturated rings. The molecule has 0 aliphatic carbocycles. The number of hydrogen-bond donors (Lipinski definition) is 1. The molecule has 0 aliphatic rings. The van der Waals surface area contributed by atoms with Crippen molar-refractivity contribution in [3.63, 3.8) is 0 Å². The van der Waals surface area contributed by atoms with Gasteiger partial charge in [-0.15, -0.1) is 0 Å². The van der Waals surface area contributed by atoms with Crippen LogP contribution in [-0.2, 0) is 22.8 Å². The van der Waals surface area contributed by atoms with Crippen LogP contribution in [-0.4, -0.2) is 55.4 Å². The van der Waals surface area contributed by atoms with Gasteiger partial charge in [-0.3, -0.25) is 4.79 Å². The van der Waals surface area contributed by atoms with Gasteiger partial charge in [0.1, 0.15) is 0 Å². The molecule has 1 atom stereocenters. The number of hydrogen-bond acceptors (Lipinski definition) is 6. The van der Waals surface area contributed by atoms with Crippen molar-refractivity contribution >= 4 is 14.8 Å². The number of methoxy groups -OCH3 is 1. The van der Waals surface area contributed by atoms with E-state index in [1.165, 1.54) is 7.11 Å². The molecule has 0 radical (unpaired) electrons. The minimum atomic E-state index is -2.69. The first kappa shape index (κ1) is 16.5. The summed E-state index contributed by atoms with van der Waals surface area (Å²) in [5.41, 5.74) is -0.0350. The third-order valence-electron chi connectivity index (χ3n) is 2.64. The highest BCUT2D eigenvalue weighted by molar-refractivity contribution is 6.62. The maximum absolute atomic E-state index is 11.0. The van der Waals surface area contributed by atoms with Crippen LogP contribution in [0.25, 0.3) is 0 Å². The van der Waals surface area contributed by atoms with Gasteiger partial charge in [-0.25, -0.2) is 0 Å². The third-order valence-corrected chi connectivity index (χ3v) is 5.81. The van der Waals surface area contributed by atoms with Crippen LogP contribution in [0.3, 0.4) is 0 Å². The van der Waals surface area contributed by atoms with Gasteiger partial charge in [0.25, 0.3) is 0 Å². The Balaban J connectivity index is 4.34. The van der Waals surface area contributed by atoms with E-state index >= 15 is 0 Å². The van der Waals surface area contributed by atoms with E-state index < -0.39 is 8.80 Å². The fourth-order valence-electron chi connectivity index (χ4n) is 1.65. The summed E-state index contributed by atoms with van der Waals surface area (Å²) in [5.74, 6) is -0.244. The Kier molecular flexibility index (Phi) is 8.35. The minimum Gasteiger partial charge on any atom is -0.469 e. The molecule has 1 unspecified atom stereocenters. The zero-order chi connectivity index (χ0) is 13.3. The third kappa shape index (κ3) is 4.72. The molecule has 6 nitrogen and oxygen atoms in total. The van der Waals surface area contributed by atoms with E-state index in [0.717, 1.165) is 6.42 Å². The molecule has 102 valence electrons. The largest absolute Gasteiger partial charge is 0.517 e. The topological polar surface area (TPSA) is 66.0 Å². The highest BCUT2D eigenvalue weighted by atomic mass is 28.4. The number of rotatable bonds is 9. The summed E-state index contributed by atoms with van der Waals surface area (Å²) < 4.78 is 20.7. The molecule has 0 saturated carbocycles. The predicted molar refractivity (Wildman–Crippen MR) is 65.5 cm³/mol. The van der Waals surface area contributed by atoms with Crippen LogP contribution in [0.4, 0.5) is 0 Å². The Bertz CT molecular complexity index is 214. The molecule has 0 spiro atoms. The van der Waals surface area contributed by atoms with E-state index in [4.69, 9.17) is 13.3 Å². The average Bonchev–Trinajstić information content (AvgIpc) is 2.38. The molecule has 7 heteroatoms. The van der Waals surface area contributed by atoms with Crippen LogP contribution in [0.15, 0.2) is 0 Å². The summed E-state index contributed by atoms with van der Waals surface area (Å²) in [6.45, 7) is 2.52. The lowest BCUT2D eigenvalue weighted by molar-refractivity contribution is -0.140. The van der Waals surface area contributed by atoms with Gasteiger partial charge in [-0.1, -0.05) is 6.92 Å². The Morgan fingerprint density at radius 3 is 2.06 bits per heavy atom. The fourth-order valence-corrected chi connectivity index (χ4v) is 3.89. The van der Waals surface area contributed by atoms with Crippen molar-refractivity contribution in [3.05, 3.63) is 0 Å². The monoisotopic (exact) mass is 265 g/mol. The molecule has 0 saturated heterocycles. The van der Waals surface area contributed by atoms with Gasteiger partial charge in [0.15, 0.2) is 0 Å². The first-order valence-corrected chi connectivity index (χ1v) is 7.36. The molecule has 0 heterocycles. The standard InChI is InChI=1S/C10H23NO5Si/c1-6-9(11-8-7-10(12)13-2)17(14-3,15-4)16-5/h9,11H,6-8H2,1-5H3. The summed E-state index contributed by atoms with van der Waals surface area (Å²) >= 11 is 0. The molecule has 0 aliphatic heterocycles. The van der Waals surface area contributed by atoms with E-state index in [2.05, 4.69) is 10.1 Å². The Morgan fingerprint density at radius 1 is 1.18 bits per heavy atom. The van der Waals surface area contributed by atoms with Gasteiger partial charge in [-0.2, -0.15) is 0 Å².